The van der Waals surface area contributed by atoms with E-state index in [0.29, 0.717) is 29.2 Å². The van der Waals surface area contributed by atoms with Crippen molar-refractivity contribution in [2.24, 2.45) is 10.4 Å². The molecule has 0 fully saturated rings. The highest BCUT2D eigenvalue weighted by atomic mass is 32.2. The number of carbonyl (C=O) groups is 1. The van der Waals surface area contributed by atoms with Crippen molar-refractivity contribution in [2.75, 3.05) is 17.7 Å². The van der Waals surface area contributed by atoms with Crippen LogP contribution in [0.3, 0.4) is 0 Å². The van der Waals surface area contributed by atoms with Crippen LogP contribution in [0, 0.1) is 5.41 Å². The molecular weight excluding hydrogens is 412 g/mol. The van der Waals surface area contributed by atoms with Gasteiger partial charge in [0.25, 0.3) is 0 Å². The molecule has 0 radical (unpaired) electrons. The van der Waals surface area contributed by atoms with Crippen molar-refractivity contribution in [3.63, 3.8) is 0 Å². The Hall–Kier alpha value is -3.13. The zero-order chi connectivity index (χ0) is 23.0. The molecule has 2 aromatic heterocycles. The van der Waals surface area contributed by atoms with Crippen molar-refractivity contribution < 1.29 is 13.2 Å². The lowest BCUT2D eigenvalue weighted by Crippen LogP contribution is -2.20. The van der Waals surface area contributed by atoms with E-state index in [4.69, 9.17) is 5.73 Å². The largest absolute Gasteiger partial charge is 0.395 e. The number of carbonyl (C=O) groups excluding carboxylic acids is 1. The van der Waals surface area contributed by atoms with Gasteiger partial charge in [0.2, 0.25) is 0 Å². The normalized spacial score (nSPS) is 12.6. The van der Waals surface area contributed by atoms with Gasteiger partial charge in [-0.3, -0.25) is 4.79 Å². The third-order valence-corrected chi connectivity index (χ3v) is 5.94. The Bertz CT molecular complexity index is 1290. The van der Waals surface area contributed by atoms with E-state index in [1.54, 1.807) is 12.4 Å². The molecule has 0 spiro atoms. The SMILES string of the molecule is C=C(C=Nc1[nH]cc(C(=O)C(C)(C)C)c1N)c1cn(CCS(C)(=O)=O)c2ccccc12. The molecule has 164 valence electrons. The van der Waals surface area contributed by atoms with Gasteiger partial charge < -0.3 is 15.3 Å². The summed E-state index contributed by atoms with van der Waals surface area (Å²) in [6.07, 6.45) is 6.28. The third kappa shape index (κ3) is 4.96. The number of sulfone groups is 1. The summed E-state index contributed by atoms with van der Waals surface area (Å²) in [7, 11) is -3.08. The Morgan fingerprint density at radius 3 is 2.58 bits per heavy atom. The van der Waals surface area contributed by atoms with Crippen molar-refractivity contribution in [2.45, 2.75) is 27.3 Å². The Labute approximate surface area is 182 Å². The first-order valence-electron chi connectivity index (χ1n) is 9.89. The molecule has 0 saturated heterocycles. The number of anilines is 1. The molecular formula is C23H28N4O3S. The number of aryl methyl sites for hydroxylation is 1. The molecule has 0 aliphatic rings. The lowest BCUT2D eigenvalue weighted by molar-refractivity contribution is 0.0859. The van der Waals surface area contributed by atoms with Crippen LogP contribution < -0.4 is 5.73 Å². The Morgan fingerprint density at radius 2 is 1.94 bits per heavy atom. The summed E-state index contributed by atoms with van der Waals surface area (Å²) in [5.41, 5.74) is 8.74. The first kappa shape index (κ1) is 22.6. The number of benzene rings is 1. The molecule has 0 unspecified atom stereocenters. The highest BCUT2D eigenvalue weighted by molar-refractivity contribution is 7.90. The number of nitrogen functional groups attached to an aromatic ring is 1. The van der Waals surface area contributed by atoms with Crippen LogP contribution in [0.5, 0.6) is 0 Å². The predicted molar refractivity (Wildman–Crippen MR) is 128 cm³/mol. The number of rotatable bonds is 7. The molecule has 0 bridgehead atoms. The fraction of sp³-hybridized carbons (Fsp3) is 0.304. The van der Waals surface area contributed by atoms with Gasteiger partial charge in [-0.05, 0) is 11.6 Å². The Kier molecular flexibility index (Phi) is 5.96. The minimum absolute atomic E-state index is 0.0509. The number of aromatic amines is 1. The van der Waals surface area contributed by atoms with Crippen molar-refractivity contribution in [3.8, 4) is 0 Å². The van der Waals surface area contributed by atoms with E-state index in [1.165, 1.54) is 6.26 Å². The number of fused-ring (bicyclic) bond motifs is 1. The molecule has 0 aliphatic heterocycles. The number of H-pyrrole nitrogens is 1. The fourth-order valence-corrected chi connectivity index (χ4v) is 3.81. The monoisotopic (exact) mass is 440 g/mol. The van der Waals surface area contributed by atoms with Crippen LogP contribution in [-0.2, 0) is 16.4 Å². The lowest BCUT2D eigenvalue weighted by Gasteiger charge is -2.15. The summed E-state index contributed by atoms with van der Waals surface area (Å²) < 4.78 is 25.1. The number of nitrogens with two attached hydrogens (primary N) is 1. The number of hydrogen-bond acceptors (Lipinski definition) is 5. The van der Waals surface area contributed by atoms with Crippen LogP contribution >= 0.6 is 0 Å². The summed E-state index contributed by atoms with van der Waals surface area (Å²) in [6, 6.07) is 7.74. The molecule has 8 heteroatoms. The molecule has 3 aromatic rings. The number of nitrogens with zero attached hydrogens (tertiary/aromatic N) is 2. The van der Waals surface area contributed by atoms with Crippen LogP contribution in [0.15, 0.2) is 48.2 Å². The lowest BCUT2D eigenvalue weighted by atomic mass is 9.87. The first-order valence-corrected chi connectivity index (χ1v) is 11.9. The maximum Gasteiger partial charge on any atom is 0.171 e. The molecule has 3 rings (SSSR count). The Balaban J connectivity index is 1.90. The highest BCUT2D eigenvalue weighted by Crippen LogP contribution is 2.31. The van der Waals surface area contributed by atoms with Crippen LogP contribution in [-0.4, -0.2) is 42.0 Å². The van der Waals surface area contributed by atoms with Crippen LogP contribution in [0.2, 0.25) is 0 Å². The van der Waals surface area contributed by atoms with Crippen molar-refractivity contribution in [1.29, 1.82) is 0 Å². The van der Waals surface area contributed by atoms with Gasteiger partial charge >= 0.3 is 0 Å². The summed E-state index contributed by atoms with van der Waals surface area (Å²) in [5, 5.41) is 0.954. The van der Waals surface area contributed by atoms with Crippen molar-refractivity contribution in [1.82, 2.24) is 9.55 Å². The van der Waals surface area contributed by atoms with Crippen LogP contribution in [0.4, 0.5) is 11.5 Å². The second kappa shape index (κ2) is 8.19. The van der Waals surface area contributed by atoms with E-state index < -0.39 is 15.3 Å². The number of nitrogens with one attached hydrogen (secondary N) is 1. The van der Waals surface area contributed by atoms with E-state index in [-0.39, 0.29) is 11.5 Å². The summed E-state index contributed by atoms with van der Waals surface area (Å²) in [6.45, 7) is 9.99. The average Bonchev–Trinajstić information content (AvgIpc) is 3.23. The van der Waals surface area contributed by atoms with Crippen LogP contribution in [0.25, 0.3) is 16.5 Å². The average molecular weight is 441 g/mol. The smallest absolute Gasteiger partial charge is 0.171 e. The van der Waals surface area contributed by atoms with Gasteiger partial charge in [-0.25, -0.2) is 13.4 Å². The van der Waals surface area contributed by atoms with E-state index >= 15 is 0 Å². The van der Waals surface area contributed by atoms with Gasteiger partial charge in [0.1, 0.15) is 9.84 Å². The second-order valence-corrected chi connectivity index (χ2v) is 11.0. The molecule has 2 heterocycles. The number of hydrogen-bond donors (Lipinski definition) is 2. The number of para-hydroxylation sites is 1. The van der Waals surface area contributed by atoms with E-state index in [2.05, 4.69) is 16.6 Å². The molecule has 3 N–H and O–H groups in total. The second-order valence-electron chi connectivity index (χ2n) is 8.71. The van der Waals surface area contributed by atoms with Crippen molar-refractivity contribution >= 4 is 49.8 Å². The quantitative estimate of drug-likeness (QED) is 0.423. The number of aliphatic imine (C=N–C) groups is 1. The van der Waals surface area contributed by atoms with E-state index in [1.807, 2.05) is 55.8 Å². The third-order valence-electron chi connectivity index (χ3n) is 5.01. The maximum atomic E-state index is 12.5. The topological polar surface area (TPSA) is 110 Å². The van der Waals surface area contributed by atoms with Gasteiger partial charge in [-0.1, -0.05) is 45.5 Å². The van der Waals surface area contributed by atoms with Gasteiger partial charge in [0.15, 0.2) is 11.6 Å². The highest BCUT2D eigenvalue weighted by Gasteiger charge is 2.26. The minimum atomic E-state index is -3.08. The maximum absolute atomic E-state index is 12.5. The fourth-order valence-electron chi connectivity index (χ4n) is 3.29. The van der Waals surface area contributed by atoms with Gasteiger partial charge in [-0.2, -0.15) is 0 Å². The van der Waals surface area contributed by atoms with Crippen LogP contribution in [0.1, 0.15) is 36.7 Å². The predicted octanol–water partition coefficient (Wildman–Crippen LogP) is 4.24. The zero-order valence-corrected chi connectivity index (χ0v) is 19.1. The summed E-state index contributed by atoms with van der Waals surface area (Å²) in [5.74, 6) is 0.389. The molecule has 7 nitrogen and oxygen atoms in total. The van der Waals surface area contributed by atoms with E-state index in [9.17, 15) is 13.2 Å². The number of aromatic nitrogens is 2. The van der Waals surface area contributed by atoms with Gasteiger partial charge in [-0.15, -0.1) is 0 Å². The molecule has 0 atom stereocenters. The number of allylic oxidation sites excluding steroid dienone is 1. The molecule has 0 amide bonds. The molecule has 0 saturated carbocycles. The Morgan fingerprint density at radius 1 is 1.26 bits per heavy atom. The minimum Gasteiger partial charge on any atom is -0.395 e. The molecule has 1 aromatic carbocycles. The summed E-state index contributed by atoms with van der Waals surface area (Å²) >= 11 is 0. The number of ketones is 1. The van der Waals surface area contributed by atoms with Gasteiger partial charge in [0.05, 0.1) is 17.0 Å². The zero-order valence-electron chi connectivity index (χ0n) is 18.3. The first-order chi connectivity index (χ1) is 14.4. The standard InChI is InChI=1S/C23H28N4O3S/c1-15(12-25-22-20(24)17(13-26-22)21(28)23(2,3)4)18-14-27(10-11-31(5,29)30)19-9-7-6-8-16(18)19/h6-9,12-14,26H,1,10-11,24H2,2-5H3. The van der Waals surface area contributed by atoms with E-state index in [0.717, 1.165) is 16.5 Å². The summed E-state index contributed by atoms with van der Waals surface area (Å²) in [4.78, 5) is 19.9. The van der Waals surface area contributed by atoms with Gasteiger partial charge in [0, 0.05) is 53.3 Å². The molecule has 31 heavy (non-hydrogen) atoms. The molecule has 0 aliphatic carbocycles. The number of Topliss-reactive ketones (excluding diaryl/α,β-unsaturated/α-hetero) is 1. The van der Waals surface area contributed by atoms with Crippen molar-refractivity contribution in [3.05, 3.63) is 54.4 Å².